The highest BCUT2D eigenvalue weighted by Gasteiger charge is 2.08. The molecule has 0 aliphatic rings. The number of nitrogens with one attached hydrogen (secondary N) is 2. The zero-order valence-corrected chi connectivity index (χ0v) is 12.2. The van der Waals surface area contributed by atoms with Gasteiger partial charge in [0.2, 0.25) is 0 Å². The number of anilines is 1. The molecule has 1 aromatic carbocycles. The van der Waals surface area contributed by atoms with Gasteiger partial charge < -0.3 is 5.32 Å². The second-order valence-corrected chi connectivity index (χ2v) is 5.64. The Bertz CT molecular complexity index is 900. The van der Waals surface area contributed by atoms with Crippen LogP contribution < -0.4 is 5.32 Å². The smallest absolute Gasteiger partial charge is 0.160 e. The lowest BCUT2D eigenvalue weighted by Crippen LogP contribution is -2.01. The molecule has 4 aromatic rings. The maximum absolute atomic E-state index is 4.23. The Morgan fingerprint density at radius 1 is 1.09 bits per heavy atom. The third kappa shape index (κ3) is 2.40. The van der Waals surface area contributed by atoms with Gasteiger partial charge in [0.15, 0.2) is 5.65 Å². The Hall–Kier alpha value is -2.87. The number of rotatable bonds is 4. The quantitative estimate of drug-likeness (QED) is 0.601. The Labute approximate surface area is 129 Å². The summed E-state index contributed by atoms with van der Waals surface area (Å²) in [7, 11) is 0. The molecular weight excluding hydrogens is 298 g/mol. The second kappa shape index (κ2) is 5.49. The third-order valence-corrected chi connectivity index (χ3v) is 4.11. The molecule has 4 rings (SSSR count). The monoisotopic (exact) mass is 309 g/mol. The molecule has 0 unspecified atom stereocenters. The summed E-state index contributed by atoms with van der Waals surface area (Å²) in [5.41, 5.74) is 1.78. The van der Waals surface area contributed by atoms with Crippen molar-refractivity contribution >= 4 is 28.2 Å². The summed E-state index contributed by atoms with van der Waals surface area (Å²) in [5.74, 6) is 0.732. The molecule has 7 nitrogen and oxygen atoms in total. The number of fused-ring (bicyclic) bond motifs is 1. The van der Waals surface area contributed by atoms with E-state index in [9.17, 15) is 0 Å². The van der Waals surface area contributed by atoms with E-state index in [1.165, 1.54) is 6.33 Å². The summed E-state index contributed by atoms with van der Waals surface area (Å²) in [6.07, 6.45) is 3.20. The summed E-state index contributed by atoms with van der Waals surface area (Å²) in [4.78, 5) is 8.34. The van der Waals surface area contributed by atoms with Gasteiger partial charge in [-0.3, -0.25) is 5.10 Å². The van der Waals surface area contributed by atoms with Crippen molar-refractivity contribution in [1.29, 1.82) is 0 Å². The first-order chi connectivity index (χ1) is 10.9. The normalized spacial score (nSPS) is 10.9. The fourth-order valence-corrected chi connectivity index (χ4v) is 2.87. The van der Waals surface area contributed by atoms with Crippen LogP contribution in [0.5, 0.6) is 0 Å². The number of aromatic nitrogens is 6. The molecule has 0 amide bonds. The number of aromatic amines is 1. The van der Waals surface area contributed by atoms with Gasteiger partial charge in [-0.2, -0.15) is 5.10 Å². The maximum Gasteiger partial charge on any atom is 0.160 e. The second-order valence-electron chi connectivity index (χ2n) is 4.58. The van der Waals surface area contributed by atoms with E-state index in [1.807, 2.05) is 30.3 Å². The van der Waals surface area contributed by atoms with Crippen LogP contribution in [0, 0.1) is 0 Å². The molecule has 0 saturated carbocycles. The maximum atomic E-state index is 4.23. The summed E-state index contributed by atoms with van der Waals surface area (Å²) >= 11 is 1.56. The SMILES string of the molecule is c1ccc(-c2nnc(CNc3ncnc4[nH]ncc34)s2)cc1. The highest BCUT2D eigenvalue weighted by molar-refractivity contribution is 7.14. The van der Waals surface area contributed by atoms with E-state index in [-0.39, 0.29) is 0 Å². The Morgan fingerprint density at radius 2 is 2.00 bits per heavy atom. The van der Waals surface area contributed by atoms with Crippen LogP contribution in [0.3, 0.4) is 0 Å². The van der Waals surface area contributed by atoms with Gasteiger partial charge in [0.1, 0.15) is 22.2 Å². The first-order valence-corrected chi connectivity index (χ1v) is 7.47. The zero-order valence-electron chi connectivity index (χ0n) is 11.4. The van der Waals surface area contributed by atoms with Crippen molar-refractivity contribution in [1.82, 2.24) is 30.4 Å². The summed E-state index contributed by atoms with van der Waals surface area (Å²) < 4.78 is 0. The lowest BCUT2D eigenvalue weighted by Gasteiger charge is -2.02. The predicted octanol–water partition coefficient (Wildman–Crippen LogP) is 2.48. The van der Waals surface area contributed by atoms with E-state index in [1.54, 1.807) is 17.5 Å². The molecular formula is C14H11N7S. The van der Waals surface area contributed by atoms with Crippen molar-refractivity contribution in [3.63, 3.8) is 0 Å². The van der Waals surface area contributed by atoms with Crippen LogP contribution in [-0.4, -0.2) is 30.4 Å². The first kappa shape index (κ1) is 12.8. The highest BCUT2D eigenvalue weighted by atomic mass is 32.1. The first-order valence-electron chi connectivity index (χ1n) is 6.66. The van der Waals surface area contributed by atoms with E-state index in [4.69, 9.17) is 0 Å². The molecule has 0 aliphatic heterocycles. The molecule has 0 spiro atoms. The van der Waals surface area contributed by atoms with E-state index in [0.29, 0.717) is 12.2 Å². The highest BCUT2D eigenvalue weighted by Crippen LogP contribution is 2.24. The van der Waals surface area contributed by atoms with Gasteiger partial charge in [0.25, 0.3) is 0 Å². The van der Waals surface area contributed by atoms with Crippen LogP contribution >= 0.6 is 11.3 Å². The van der Waals surface area contributed by atoms with Gasteiger partial charge in [-0.05, 0) is 0 Å². The van der Waals surface area contributed by atoms with Crippen LogP contribution in [0.4, 0.5) is 5.82 Å². The number of hydrogen-bond donors (Lipinski definition) is 2. The average Bonchev–Trinajstić information content (AvgIpc) is 3.23. The molecule has 0 radical (unpaired) electrons. The van der Waals surface area contributed by atoms with Gasteiger partial charge in [0, 0.05) is 5.56 Å². The van der Waals surface area contributed by atoms with E-state index < -0.39 is 0 Å². The third-order valence-electron chi connectivity index (χ3n) is 3.14. The number of H-pyrrole nitrogens is 1. The number of nitrogens with zero attached hydrogens (tertiary/aromatic N) is 5. The lowest BCUT2D eigenvalue weighted by atomic mass is 10.2. The van der Waals surface area contributed by atoms with Crippen molar-refractivity contribution in [2.45, 2.75) is 6.54 Å². The topological polar surface area (TPSA) is 92.3 Å². The fourth-order valence-electron chi connectivity index (χ4n) is 2.09. The van der Waals surface area contributed by atoms with E-state index in [0.717, 1.165) is 26.8 Å². The largest absolute Gasteiger partial charge is 0.363 e. The van der Waals surface area contributed by atoms with Crippen molar-refractivity contribution in [3.05, 3.63) is 47.9 Å². The molecule has 108 valence electrons. The van der Waals surface area contributed by atoms with Gasteiger partial charge in [-0.15, -0.1) is 10.2 Å². The molecule has 0 aliphatic carbocycles. The van der Waals surface area contributed by atoms with Crippen molar-refractivity contribution < 1.29 is 0 Å². The minimum absolute atomic E-state index is 0.557. The van der Waals surface area contributed by atoms with Gasteiger partial charge in [0.05, 0.1) is 18.1 Å². The molecule has 0 bridgehead atoms. The molecule has 0 saturated heterocycles. The number of hydrogen-bond acceptors (Lipinski definition) is 7. The molecule has 3 aromatic heterocycles. The summed E-state index contributed by atoms with van der Waals surface area (Å²) in [6.45, 7) is 0.557. The Balaban J connectivity index is 1.53. The van der Waals surface area contributed by atoms with E-state index in [2.05, 4.69) is 35.7 Å². The standard InChI is InChI=1S/C14H11N7S/c1-2-4-9(5-3-1)14-21-19-11(22-14)7-15-12-10-6-18-20-13(10)17-8-16-12/h1-6,8H,7H2,(H2,15,16,17,18,20). The molecule has 8 heteroatoms. The average molecular weight is 309 g/mol. The van der Waals surface area contributed by atoms with Crippen LogP contribution in [0.2, 0.25) is 0 Å². The van der Waals surface area contributed by atoms with Crippen LogP contribution in [0.15, 0.2) is 42.9 Å². The van der Waals surface area contributed by atoms with E-state index >= 15 is 0 Å². The van der Waals surface area contributed by atoms with Crippen molar-refractivity contribution in [2.24, 2.45) is 0 Å². The van der Waals surface area contributed by atoms with Gasteiger partial charge >= 0.3 is 0 Å². The van der Waals surface area contributed by atoms with Crippen LogP contribution in [0.25, 0.3) is 21.6 Å². The van der Waals surface area contributed by atoms with Gasteiger partial charge in [-0.25, -0.2) is 9.97 Å². The van der Waals surface area contributed by atoms with Gasteiger partial charge in [-0.1, -0.05) is 41.7 Å². The zero-order chi connectivity index (χ0) is 14.8. The van der Waals surface area contributed by atoms with Crippen LogP contribution in [0.1, 0.15) is 5.01 Å². The van der Waals surface area contributed by atoms with Crippen LogP contribution in [-0.2, 0) is 6.54 Å². The van der Waals surface area contributed by atoms with Crippen molar-refractivity contribution in [3.8, 4) is 10.6 Å². The van der Waals surface area contributed by atoms with Crippen molar-refractivity contribution in [2.75, 3.05) is 5.32 Å². The molecule has 22 heavy (non-hydrogen) atoms. The lowest BCUT2D eigenvalue weighted by molar-refractivity contribution is 0.985. The minimum Gasteiger partial charge on any atom is -0.363 e. The predicted molar refractivity (Wildman–Crippen MR) is 84.4 cm³/mol. The molecule has 0 fully saturated rings. The number of benzene rings is 1. The fraction of sp³-hybridized carbons (Fsp3) is 0.0714. The Kier molecular flexibility index (Phi) is 3.20. The Morgan fingerprint density at radius 3 is 2.91 bits per heavy atom. The molecule has 2 N–H and O–H groups in total. The molecule has 0 atom stereocenters. The summed E-state index contributed by atoms with van der Waals surface area (Å²) in [5, 5.41) is 21.1. The minimum atomic E-state index is 0.557. The summed E-state index contributed by atoms with van der Waals surface area (Å²) in [6, 6.07) is 10.0. The molecule has 3 heterocycles.